The van der Waals surface area contributed by atoms with E-state index in [1.807, 2.05) is 0 Å². The highest BCUT2D eigenvalue weighted by Gasteiger charge is 2.58. The number of fused-ring (bicyclic) bond motifs is 1. The smallest absolute Gasteiger partial charge is 0.469 e. The minimum absolute atomic E-state index is 0.0713. The second-order valence-corrected chi connectivity index (χ2v) is 6.35. The highest BCUT2D eigenvalue weighted by atomic mass is 19.4. The monoisotopic (exact) mass is 459 g/mol. The number of halogens is 6. The molecule has 2 rings (SSSR count). The van der Waals surface area contributed by atoms with Gasteiger partial charge >= 0.3 is 18.5 Å². The fourth-order valence-electron chi connectivity index (χ4n) is 2.59. The number of benzene rings is 1. The fourth-order valence-corrected chi connectivity index (χ4v) is 2.59. The predicted molar refractivity (Wildman–Crippen MR) is 89.4 cm³/mol. The Kier molecular flexibility index (Phi) is 6.91. The van der Waals surface area contributed by atoms with Crippen molar-refractivity contribution in [1.29, 1.82) is 0 Å². The van der Waals surface area contributed by atoms with E-state index in [9.17, 15) is 41.3 Å². The Labute approximate surface area is 170 Å². The maximum Gasteiger partial charge on any atom is 0.573 e. The Morgan fingerprint density at radius 3 is 2.48 bits per heavy atom. The lowest BCUT2D eigenvalue weighted by Crippen LogP contribution is -2.53. The maximum atomic E-state index is 13.7. The molecule has 0 amide bonds. The molecule has 0 spiro atoms. The van der Waals surface area contributed by atoms with Crippen molar-refractivity contribution in [2.75, 3.05) is 13.2 Å². The van der Waals surface area contributed by atoms with E-state index < -0.39 is 54.6 Å². The van der Waals surface area contributed by atoms with Gasteiger partial charge in [0.15, 0.2) is 0 Å². The van der Waals surface area contributed by atoms with E-state index in [0.717, 1.165) is 18.2 Å². The van der Waals surface area contributed by atoms with Gasteiger partial charge in [-0.15, -0.1) is 23.3 Å². The molecule has 1 aromatic carbocycles. The zero-order valence-corrected chi connectivity index (χ0v) is 15.7. The Morgan fingerprint density at radius 1 is 1.23 bits per heavy atom. The molecule has 1 heterocycles. The van der Waals surface area contributed by atoms with Crippen LogP contribution in [0.4, 0.5) is 26.3 Å². The molecule has 0 saturated carbocycles. The standard InChI is InChI=1S/C17H15F6NO7/c1-10-7-12(30-17(21,22)23)8-11-4-5-15(16(18,19)20,31-14(10)11)9-28-13(25)3-2-6-29-24(26)27/h4-5,7-8H,2-3,6,9H2,1H3. The highest BCUT2D eigenvalue weighted by Crippen LogP contribution is 2.44. The molecule has 1 atom stereocenters. The molecule has 0 bridgehead atoms. The lowest BCUT2D eigenvalue weighted by atomic mass is 9.96. The van der Waals surface area contributed by atoms with Crippen molar-refractivity contribution in [3.8, 4) is 11.5 Å². The number of hydrogen-bond donors (Lipinski definition) is 0. The van der Waals surface area contributed by atoms with E-state index in [2.05, 4.69) is 14.3 Å². The molecule has 0 radical (unpaired) electrons. The summed E-state index contributed by atoms with van der Waals surface area (Å²) in [5.74, 6) is -2.08. The van der Waals surface area contributed by atoms with Crippen LogP contribution < -0.4 is 9.47 Å². The lowest BCUT2D eigenvalue weighted by Gasteiger charge is -2.36. The second kappa shape index (κ2) is 8.89. The number of rotatable bonds is 8. The Hall–Kier alpha value is -3.19. The van der Waals surface area contributed by atoms with Gasteiger partial charge in [-0.05, 0) is 37.1 Å². The summed E-state index contributed by atoms with van der Waals surface area (Å²) < 4.78 is 91.9. The number of ether oxygens (including phenoxy) is 3. The minimum Gasteiger partial charge on any atom is -0.469 e. The summed E-state index contributed by atoms with van der Waals surface area (Å²) in [5, 5.41) is 8.91. The first-order valence-electron chi connectivity index (χ1n) is 8.51. The molecule has 1 aliphatic heterocycles. The van der Waals surface area contributed by atoms with Crippen molar-refractivity contribution in [2.45, 2.75) is 37.9 Å². The molecular weight excluding hydrogens is 444 g/mol. The molecule has 0 N–H and O–H groups in total. The molecule has 0 aromatic heterocycles. The first-order chi connectivity index (χ1) is 14.2. The van der Waals surface area contributed by atoms with Crippen molar-refractivity contribution in [2.24, 2.45) is 0 Å². The largest absolute Gasteiger partial charge is 0.573 e. The number of carbonyl (C=O) groups excluding carboxylic acids is 1. The van der Waals surface area contributed by atoms with Crippen molar-refractivity contribution in [1.82, 2.24) is 0 Å². The molecule has 0 fully saturated rings. The van der Waals surface area contributed by atoms with Crippen LogP contribution in [0.15, 0.2) is 18.2 Å². The molecule has 0 saturated heterocycles. The van der Waals surface area contributed by atoms with E-state index in [1.165, 1.54) is 6.92 Å². The molecule has 1 aromatic rings. The number of aryl methyl sites for hydroxylation is 1. The zero-order valence-electron chi connectivity index (χ0n) is 15.7. The van der Waals surface area contributed by atoms with Crippen LogP contribution in [-0.4, -0.2) is 42.4 Å². The molecule has 1 aliphatic rings. The van der Waals surface area contributed by atoms with E-state index >= 15 is 0 Å². The molecule has 14 heteroatoms. The topological polar surface area (TPSA) is 97.1 Å². The maximum absolute atomic E-state index is 13.7. The molecule has 172 valence electrons. The summed E-state index contributed by atoms with van der Waals surface area (Å²) >= 11 is 0. The average molecular weight is 459 g/mol. The van der Waals surface area contributed by atoms with Crippen molar-refractivity contribution >= 4 is 12.0 Å². The summed E-state index contributed by atoms with van der Waals surface area (Å²) in [6.45, 7) is -0.497. The third-order valence-corrected chi connectivity index (χ3v) is 3.98. The summed E-state index contributed by atoms with van der Waals surface area (Å²) in [6.07, 6.45) is -9.24. The third-order valence-electron chi connectivity index (χ3n) is 3.98. The number of carbonyl (C=O) groups is 1. The van der Waals surface area contributed by atoms with Crippen molar-refractivity contribution in [3.63, 3.8) is 0 Å². The SMILES string of the molecule is Cc1cc(OC(F)(F)F)cc2c1OC(COC(=O)CCCO[N+](=O)[O-])(C(F)(F)F)C=C2. The van der Waals surface area contributed by atoms with Gasteiger partial charge in [-0.1, -0.05) is 6.08 Å². The van der Waals surface area contributed by atoms with Crippen LogP contribution in [0, 0.1) is 17.0 Å². The third kappa shape index (κ3) is 6.39. The number of esters is 1. The molecular formula is C17H15F6NO7. The van der Waals surface area contributed by atoms with Gasteiger partial charge in [0.1, 0.15) is 18.1 Å². The fraction of sp³-hybridized carbons (Fsp3) is 0.471. The highest BCUT2D eigenvalue weighted by molar-refractivity contribution is 5.70. The van der Waals surface area contributed by atoms with Gasteiger partial charge in [-0.25, -0.2) is 0 Å². The van der Waals surface area contributed by atoms with Crippen molar-refractivity contribution in [3.05, 3.63) is 39.4 Å². The summed E-state index contributed by atoms with van der Waals surface area (Å²) in [5.41, 5.74) is -3.25. The van der Waals surface area contributed by atoms with Gasteiger partial charge < -0.3 is 19.0 Å². The Balaban J connectivity index is 2.16. The van der Waals surface area contributed by atoms with E-state index in [4.69, 9.17) is 4.74 Å². The van der Waals surface area contributed by atoms with Crippen LogP contribution in [0.25, 0.3) is 6.08 Å². The summed E-state index contributed by atoms with van der Waals surface area (Å²) in [6, 6.07) is 1.71. The van der Waals surface area contributed by atoms with Crippen LogP contribution in [0.1, 0.15) is 24.0 Å². The van der Waals surface area contributed by atoms with Gasteiger partial charge in [0.2, 0.25) is 0 Å². The minimum atomic E-state index is -5.05. The first kappa shape index (κ1) is 24.1. The molecule has 1 unspecified atom stereocenters. The van der Waals surface area contributed by atoms with Gasteiger partial charge in [-0.2, -0.15) is 13.2 Å². The van der Waals surface area contributed by atoms with Gasteiger partial charge in [0.05, 0.1) is 6.61 Å². The normalized spacial score (nSPS) is 18.0. The van der Waals surface area contributed by atoms with E-state index in [-0.39, 0.29) is 23.3 Å². The molecule has 0 aliphatic carbocycles. The lowest BCUT2D eigenvalue weighted by molar-refractivity contribution is -0.757. The van der Waals surface area contributed by atoms with Crippen LogP contribution in [0.3, 0.4) is 0 Å². The zero-order chi connectivity index (χ0) is 23.4. The van der Waals surface area contributed by atoms with E-state index in [0.29, 0.717) is 6.08 Å². The van der Waals surface area contributed by atoms with Crippen LogP contribution in [0.2, 0.25) is 0 Å². The predicted octanol–water partition coefficient (Wildman–Crippen LogP) is 4.13. The van der Waals surface area contributed by atoms with Gasteiger partial charge in [0.25, 0.3) is 10.7 Å². The van der Waals surface area contributed by atoms with Crippen LogP contribution in [-0.2, 0) is 14.4 Å². The second-order valence-electron chi connectivity index (χ2n) is 6.35. The van der Waals surface area contributed by atoms with E-state index in [1.54, 1.807) is 0 Å². The van der Waals surface area contributed by atoms with Crippen molar-refractivity contribution < 1.29 is 55.3 Å². The number of alkyl halides is 6. The molecule has 8 nitrogen and oxygen atoms in total. The van der Waals surface area contributed by atoms with Crippen LogP contribution in [0.5, 0.6) is 11.5 Å². The Morgan fingerprint density at radius 2 is 1.90 bits per heavy atom. The summed E-state index contributed by atoms with van der Waals surface area (Å²) in [7, 11) is 0. The summed E-state index contributed by atoms with van der Waals surface area (Å²) in [4.78, 5) is 25.6. The molecule has 31 heavy (non-hydrogen) atoms. The van der Waals surface area contributed by atoms with Gasteiger partial charge in [-0.3, -0.25) is 4.79 Å². The number of nitrogens with zero attached hydrogens (tertiary/aromatic N) is 1. The quantitative estimate of drug-likeness (QED) is 0.190. The van der Waals surface area contributed by atoms with Gasteiger partial charge in [0, 0.05) is 12.0 Å². The van der Waals surface area contributed by atoms with Crippen LogP contribution >= 0.6 is 0 Å². The Bertz CT molecular complexity index is 868. The first-order valence-corrected chi connectivity index (χ1v) is 8.51. The number of hydrogen-bond acceptors (Lipinski definition) is 7. The average Bonchev–Trinajstić information content (AvgIpc) is 2.61.